The quantitative estimate of drug-likeness (QED) is 0.439. The molecular weight excluding hydrogens is 328 g/mol. The van der Waals surface area contributed by atoms with Gasteiger partial charge in [0.2, 0.25) is 0 Å². The van der Waals surface area contributed by atoms with Crippen molar-refractivity contribution < 1.29 is 9.59 Å². The lowest BCUT2D eigenvalue weighted by molar-refractivity contribution is -0.122. The summed E-state index contributed by atoms with van der Waals surface area (Å²) in [7, 11) is 0. The van der Waals surface area contributed by atoms with E-state index in [-0.39, 0.29) is 17.6 Å². The number of amides is 1. The van der Waals surface area contributed by atoms with Crippen molar-refractivity contribution in [2.45, 2.75) is 12.5 Å². The van der Waals surface area contributed by atoms with Gasteiger partial charge in [-0.3, -0.25) is 20.4 Å². The van der Waals surface area contributed by atoms with Crippen molar-refractivity contribution in [2.24, 2.45) is 5.92 Å². The molecule has 1 saturated heterocycles. The molecule has 0 saturated carbocycles. The number of hydrazine groups is 1. The zero-order chi connectivity index (χ0) is 16.9. The highest BCUT2D eigenvalue weighted by atomic mass is 35.5. The molecule has 0 radical (unpaired) electrons. The van der Waals surface area contributed by atoms with Gasteiger partial charge in [0.1, 0.15) is 11.0 Å². The number of carbonyl (C=O) groups is 2. The molecule has 0 bridgehead atoms. The molecule has 0 aliphatic carbocycles. The second kappa shape index (κ2) is 7.42. The smallest absolute Gasteiger partial charge is 0.255 e. The van der Waals surface area contributed by atoms with Gasteiger partial charge in [-0.1, -0.05) is 48.0 Å². The number of nitrogens with one attached hydrogen (secondary N) is 3. The average molecular weight is 345 g/mol. The zero-order valence-electron chi connectivity index (χ0n) is 12.8. The average Bonchev–Trinajstić information content (AvgIpc) is 3.10. The molecule has 2 atom stereocenters. The lowest BCUT2D eigenvalue weighted by Gasteiger charge is -2.12. The van der Waals surface area contributed by atoms with E-state index in [9.17, 15) is 9.59 Å². The van der Waals surface area contributed by atoms with Crippen LogP contribution in [-0.2, 0) is 4.79 Å². The van der Waals surface area contributed by atoms with E-state index >= 15 is 0 Å². The summed E-state index contributed by atoms with van der Waals surface area (Å²) in [5.41, 5.74) is 5.97. The van der Waals surface area contributed by atoms with Crippen LogP contribution in [0, 0.1) is 5.92 Å². The maximum Gasteiger partial charge on any atom is 0.255 e. The second-order valence-electron chi connectivity index (χ2n) is 5.58. The molecule has 1 aromatic carbocycles. The molecule has 2 aromatic rings. The fraction of sp³-hybridized carbons (Fsp3) is 0.235. The number of hydrogen-bond acceptors (Lipinski definition) is 5. The number of carbonyl (C=O) groups excluding carboxylic acids is 2. The van der Waals surface area contributed by atoms with Gasteiger partial charge < -0.3 is 5.32 Å². The monoisotopic (exact) mass is 344 g/mol. The van der Waals surface area contributed by atoms with E-state index < -0.39 is 6.04 Å². The first-order valence-electron chi connectivity index (χ1n) is 7.64. The number of benzene rings is 1. The summed E-state index contributed by atoms with van der Waals surface area (Å²) < 4.78 is 0. The van der Waals surface area contributed by atoms with Gasteiger partial charge in [-0.2, -0.15) is 0 Å². The molecule has 2 unspecified atom stereocenters. The normalized spacial score (nSPS) is 19.7. The maximum atomic E-state index is 12.4. The Morgan fingerprint density at radius 3 is 2.67 bits per heavy atom. The Morgan fingerprint density at radius 1 is 1.12 bits per heavy atom. The molecule has 24 heavy (non-hydrogen) atoms. The Kier molecular flexibility index (Phi) is 5.08. The number of hydrogen-bond donors (Lipinski definition) is 3. The van der Waals surface area contributed by atoms with Crippen LogP contribution in [0.2, 0.25) is 5.15 Å². The van der Waals surface area contributed by atoms with E-state index in [1.807, 2.05) is 18.2 Å². The Bertz CT molecular complexity index is 738. The van der Waals surface area contributed by atoms with E-state index in [4.69, 9.17) is 11.6 Å². The molecule has 1 aliphatic heterocycles. The predicted octanol–water partition coefficient (Wildman–Crippen LogP) is 2.04. The van der Waals surface area contributed by atoms with Gasteiger partial charge in [-0.15, -0.1) is 0 Å². The Morgan fingerprint density at radius 2 is 1.92 bits per heavy atom. The van der Waals surface area contributed by atoms with Gasteiger partial charge >= 0.3 is 0 Å². The van der Waals surface area contributed by atoms with Gasteiger partial charge in [0.05, 0.1) is 6.04 Å². The lowest BCUT2D eigenvalue weighted by atomic mass is 9.95. The Hall–Kier alpha value is -2.44. The van der Waals surface area contributed by atoms with Crippen LogP contribution in [0.5, 0.6) is 0 Å². The van der Waals surface area contributed by atoms with Crippen LogP contribution < -0.4 is 16.2 Å². The van der Waals surface area contributed by atoms with Crippen LogP contribution in [0.4, 0.5) is 5.82 Å². The Labute approximate surface area is 144 Å². The maximum absolute atomic E-state index is 12.4. The van der Waals surface area contributed by atoms with Gasteiger partial charge in [0.25, 0.3) is 5.91 Å². The molecule has 2 heterocycles. The van der Waals surface area contributed by atoms with Crippen LogP contribution in [0.15, 0.2) is 48.5 Å². The number of anilines is 1. The van der Waals surface area contributed by atoms with Gasteiger partial charge in [0.15, 0.2) is 5.78 Å². The predicted molar refractivity (Wildman–Crippen MR) is 91.7 cm³/mol. The third-order valence-electron chi connectivity index (χ3n) is 3.91. The number of halogens is 1. The molecule has 3 N–H and O–H groups in total. The standard InChI is InChI=1S/C17H17ClN4O2/c18-14-7-4-8-15(20-14)21-22-17(24)13-9-12(10-19-13)16(23)11-5-2-1-3-6-11/h1-8,12-13,19H,9-10H2,(H,20,21)(H,22,24). The number of Topliss-reactive ketones (excluding diaryl/α,β-unsaturated/α-hetero) is 1. The van der Waals surface area contributed by atoms with Crippen molar-refractivity contribution in [1.29, 1.82) is 0 Å². The van der Waals surface area contributed by atoms with Gasteiger partial charge in [-0.05, 0) is 18.6 Å². The van der Waals surface area contributed by atoms with Crippen LogP contribution in [0.1, 0.15) is 16.8 Å². The molecule has 0 spiro atoms. The molecule has 1 aliphatic rings. The van der Waals surface area contributed by atoms with E-state index in [1.165, 1.54) is 0 Å². The fourth-order valence-electron chi connectivity index (χ4n) is 2.66. The number of rotatable bonds is 5. The summed E-state index contributed by atoms with van der Waals surface area (Å²) >= 11 is 5.79. The second-order valence-corrected chi connectivity index (χ2v) is 5.97. The van der Waals surface area contributed by atoms with E-state index in [0.29, 0.717) is 29.5 Å². The lowest BCUT2D eigenvalue weighted by Crippen LogP contribution is -2.43. The first kappa shape index (κ1) is 16.4. The summed E-state index contributed by atoms with van der Waals surface area (Å²) in [5.74, 6) is 0.0706. The molecule has 1 amide bonds. The van der Waals surface area contributed by atoms with Crippen molar-refractivity contribution in [3.63, 3.8) is 0 Å². The molecule has 6 nitrogen and oxygen atoms in total. The third-order valence-corrected chi connectivity index (χ3v) is 4.12. The van der Waals surface area contributed by atoms with Crippen molar-refractivity contribution in [1.82, 2.24) is 15.7 Å². The minimum atomic E-state index is -0.422. The van der Waals surface area contributed by atoms with Crippen LogP contribution >= 0.6 is 11.6 Å². The van der Waals surface area contributed by atoms with Gasteiger partial charge in [0, 0.05) is 18.0 Å². The SMILES string of the molecule is O=C(c1ccccc1)C1CNC(C(=O)NNc2cccc(Cl)n2)C1. The van der Waals surface area contributed by atoms with Crippen LogP contribution in [-0.4, -0.2) is 29.3 Å². The van der Waals surface area contributed by atoms with E-state index in [1.54, 1.807) is 30.3 Å². The molecule has 1 aromatic heterocycles. The first-order valence-corrected chi connectivity index (χ1v) is 8.02. The molecule has 7 heteroatoms. The van der Waals surface area contributed by atoms with E-state index in [0.717, 1.165) is 0 Å². The van der Waals surface area contributed by atoms with Crippen molar-refractivity contribution >= 4 is 29.1 Å². The zero-order valence-corrected chi connectivity index (χ0v) is 13.6. The van der Waals surface area contributed by atoms with E-state index in [2.05, 4.69) is 21.2 Å². The fourth-order valence-corrected chi connectivity index (χ4v) is 2.83. The number of ketones is 1. The minimum absolute atomic E-state index is 0.0582. The summed E-state index contributed by atoms with van der Waals surface area (Å²) in [6.07, 6.45) is 0.463. The summed E-state index contributed by atoms with van der Waals surface area (Å²) in [6.45, 7) is 0.487. The number of nitrogens with zero attached hydrogens (tertiary/aromatic N) is 1. The molecule has 1 fully saturated rings. The molecular formula is C17H17ClN4O2. The Balaban J connectivity index is 1.53. The number of pyridine rings is 1. The number of aromatic nitrogens is 1. The van der Waals surface area contributed by atoms with Crippen LogP contribution in [0.3, 0.4) is 0 Å². The minimum Gasteiger partial charge on any atom is -0.305 e. The topological polar surface area (TPSA) is 83.1 Å². The van der Waals surface area contributed by atoms with Crippen LogP contribution in [0.25, 0.3) is 0 Å². The summed E-state index contributed by atoms with van der Waals surface area (Å²) in [4.78, 5) is 28.6. The van der Waals surface area contributed by atoms with Crippen molar-refractivity contribution in [2.75, 3.05) is 12.0 Å². The largest absolute Gasteiger partial charge is 0.305 e. The van der Waals surface area contributed by atoms with Gasteiger partial charge in [-0.25, -0.2) is 4.98 Å². The summed E-state index contributed by atoms with van der Waals surface area (Å²) in [5, 5.41) is 3.42. The highest BCUT2D eigenvalue weighted by molar-refractivity contribution is 6.29. The van der Waals surface area contributed by atoms with Crippen molar-refractivity contribution in [3.05, 3.63) is 59.2 Å². The molecule has 124 valence electrons. The highest BCUT2D eigenvalue weighted by Gasteiger charge is 2.33. The first-order chi connectivity index (χ1) is 11.6. The summed E-state index contributed by atoms with van der Waals surface area (Å²) in [6, 6.07) is 13.8. The molecule has 3 rings (SSSR count). The highest BCUT2D eigenvalue weighted by Crippen LogP contribution is 2.19. The third kappa shape index (κ3) is 3.90. The van der Waals surface area contributed by atoms with Crippen molar-refractivity contribution in [3.8, 4) is 0 Å².